The van der Waals surface area contributed by atoms with E-state index in [2.05, 4.69) is 5.32 Å². The molecule has 1 atom stereocenters. The highest BCUT2D eigenvalue weighted by molar-refractivity contribution is 7.99. The van der Waals surface area contributed by atoms with E-state index >= 15 is 0 Å². The molecule has 3 nitrogen and oxygen atoms in total. The van der Waals surface area contributed by atoms with Gasteiger partial charge >= 0.3 is 0 Å². The van der Waals surface area contributed by atoms with Crippen LogP contribution < -0.4 is 11.1 Å². The Labute approximate surface area is 106 Å². The summed E-state index contributed by atoms with van der Waals surface area (Å²) in [7, 11) is 0. The quantitative estimate of drug-likeness (QED) is 0.839. The lowest BCUT2D eigenvalue weighted by atomic mass is 10.1. The average Bonchev–Trinajstić information content (AvgIpc) is 2.80. The van der Waals surface area contributed by atoms with Gasteiger partial charge in [-0.2, -0.15) is 11.8 Å². The van der Waals surface area contributed by atoms with Crippen molar-refractivity contribution in [1.82, 2.24) is 0 Å². The Kier molecular flexibility index (Phi) is 4.31. The molecule has 1 unspecified atom stereocenters. The third kappa shape index (κ3) is 3.66. The molecule has 92 valence electrons. The number of nitrogens with two attached hydrogens (primary N) is 1. The molecule has 0 bridgehead atoms. The number of carbonyl (C=O) groups excluding carboxylic acids is 1. The third-order valence-corrected chi connectivity index (χ3v) is 4.22. The molecule has 1 heterocycles. The van der Waals surface area contributed by atoms with Crippen molar-refractivity contribution in [2.24, 2.45) is 11.7 Å². The number of rotatable bonds is 5. The van der Waals surface area contributed by atoms with E-state index in [0.29, 0.717) is 6.42 Å². The van der Waals surface area contributed by atoms with Crippen LogP contribution in [-0.4, -0.2) is 24.0 Å². The summed E-state index contributed by atoms with van der Waals surface area (Å²) in [6.07, 6.45) is 1.60. The molecule has 4 heteroatoms. The highest BCUT2D eigenvalue weighted by Gasteiger charge is 2.15. The van der Waals surface area contributed by atoms with E-state index in [1.807, 2.05) is 36.0 Å². The molecule has 1 amide bonds. The standard InChI is InChI=1S/C13H18N2OS/c14-13(16)7-11-3-1-2-4-12(11)15-8-10-5-6-17-9-10/h1-4,10,15H,5-9H2,(H2,14,16). The molecule has 0 aliphatic carbocycles. The first-order valence-corrected chi connectivity index (χ1v) is 7.09. The Morgan fingerprint density at radius 2 is 2.29 bits per heavy atom. The summed E-state index contributed by atoms with van der Waals surface area (Å²) in [6, 6.07) is 7.89. The lowest BCUT2D eigenvalue weighted by Gasteiger charge is -2.14. The Balaban J connectivity index is 1.96. The van der Waals surface area contributed by atoms with Gasteiger partial charge in [-0.15, -0.1) is 0 Å². The predicted molar refractivity (Wildman–Crippen MR) is 73.3 cm³/mol. The molecule has 1 aliphatic heterocycles. The Hall–Kier alpha value is -1.16. The van der Waals surface area contributed by atoms with Crippen molar-refractivity contribution in [2.75, 3.05) is 23.4 Å². The van der Waals surface area contributed by atoms with Gasteiger partial charge in [0, 0.05) is 12.2 Å². The summed E-state index contributed by atoms with van der Waals surface area (Å²) < 4.78 is 0. The lowest BCUT2D eigenvalue weighted by Crippen LogP contribution is -2.17. The van der Waals surface area contributed by atoms with Crippen molar-refractivity contribution in [3.8, 4) is 0 Å². The zero-order valence-electron chi connectivity index (χ0n) is 9.82. The maximum atomic E-state index is 11.0. The molecule has 0 radical (unpaired) electrons. The van der Waals surface area contributed by atoms with Crippen LogP contribution in [0.2, 0.25) is 0 Å². The second-order valence-electron chi connectivity index (χ2n) is 4.41. The topological polar surface area (TPSA) is 55.1 Å². The number of anilines is 1. The minimum atomic E-state index is -0.282. The first-order chi connectivity index (χ1) is 8.25. The summed E-state index contributed by atoms with van der Waals surface area (Å²) in [6.45, 7) is 0.989. The minimum Gasteiger partial charge on any atom is -0.385 e. The van der Waals surface area contributed by atoms with E-state index in [0.717, 1.165) is 23.7 Å². The van der Waals surface area contributed by atoms with Crippen molar-refractivity contribution in [3.63, 3.8) is 0 Å². The van der Waals surface area contributed by atoms with Crippen molar-refractivity contribution in [1.29, 1.82) is 0 Å². The average molecular weight is 250 g/mol. The van der Waals surface area contributed by atoms with Crippen LogP contribution in [-0.2, 0) is 11.2 Å². The van der Waals surface area contributed by atoms with E-state index in [9.17, 15) is 4.79 Å². The van der Waals surface area contributed by atoms with Gasteiger partial charge in [0.25, 0.3) is 0 Å². The van der Waals surface area contributed by atoms with Crippen LogP contribution in [0, 0.1) is 5.92 Å². The van der Waals surface area contributed by atoms with Crippen molar-refractivity contribution in [3.05, 3.63) is 29.8 Å². The first kappa shape index (κ1) is 12.3. The van der Waals surface area contributed by atoms with Gasteiger partial charge in [0.15, 0.2) is 0 Å². The van der Waals surface area contributed by atoms with Crippen LogP contribution in [0.3, 0.4) is 0 Å². The van der Waals surface area contributed by atoms with Gasteiger partial charge in [-0.25, -0.2) is 0 Å². The van der Waals surface area contributed by atoms with Gasteiger partial charge in [0.2, 0.25) is 5.91 Å². The van der Waals surface area contributed by atoms with Gasteiger partial charge in [-0.3, -0.25) is 4.79 Å². The molecule has 17 heavy (non-hydrogen) atoms. The molecule has 1 saturated heterocycles. The van der Waals surface area contributed by atoms with Gasteiger partial charge < -0.3 is 11.1 Å². The maximum Gasteiger partial charge on any atom is 0.221 e. The largest absolute Gasteiger partial charge is 0.385 e. The van der Waals surface area contributed by atoms with Gasteiger partial charge in [0.05, 0.1) is 6.42 Å². The summed E-state index contributed by atoms with van der Waals surface area (Å²) in [4.78, 5) is 11.0. The SMILES string of the molecule is NC(=O)Cc1ccccc1NCC1CCSC1. The zero-order chi connectivity index (χ0) is 12.1. The van der Waals surface area contributed by atoms with Crippen LogP contribution in [0.1, 0.15) is 12.0 Å². The number of hydrogen-bond donors (Lipinski definition) is 2. The van der Waals surface area contributed by atoms with Crippen LogP contribution in [0.4, 0.5) is 5.69 Å². The molecule has 0 spiro atoms. The number of amides is 1. The number of carbonyl (C=O) groups is 1. The Bertz CT molecular complexity index is 389. The number of hydrogen-bond acceptors (Lipinski definition) is 3. The summed E-state index contributed by atoms with van der Waals surface area (Å²) >= 11 is 2.02. The Morgan fingerprint density at radius 3 is 3.00 bits per heavy atom. The zero-order valence-corrected chi connectivity index (χ0v) is 10.6. The number of thioether (sulfide) groups is 1. The Morgan fingerprint density at radius 1 is 1.47 bits per heavy atom. The van der Waals surface area contributed by atoms with Gasteiger partial charge in [0.1, 0.15) is 0 Å². The summed E-state index contributed by atoms with van der Waals surface area (Å²) in [5, 5.41) is 3.44. The second-order valence-corrected chi connectivity index (χ2v) is 5.56. The van der Waals surface area contributed by atoms with E-state index in [4.69, 9.17) is 5.73 Å². The van der Waals surface area contributed by atoms with Crippen molar-refractivity contribution >= 4 is 23.4 Å². The third-order valence-electron chi connectivity index (χ3n) is 2.99. The molecular weight excluding hydrogens is 232 g/mol. The smallest absolute Gasteiger partial charge is 0.221 e. The second kappa shape index (κ2) is 5.96. The monoisotopic (exact) mass is 250 g/mol. The normalized spacial score (nSPS) is 19.2. The molecule has 1 aliphatic rings. The fourth-order valence-electron chi connectivity index (χ4n) is 2.03. The lowest BCUT2D eigenvalue weighted by molar-refractivity contribution is -0.117. The maximum absolute atomic E-state index is 11.0. The molecule has 1 aromatic rings. The molecule has 0 aromatic heterocycles. The summed E-state index contributed by atoms with van der Waals surface area (Å²) in [5.74, 6) is 2.98. The molecule has 0 saturated carbocycles. The van der Waals surface area contributed by atoms with E-state index < -0.39 is 0 Å². The van der Waals surface area contributed by atoms with E-state index in [1.165, 1.54) is 17.9 Å². The van der Waals surface area contributed by atoms with Crippen LogP contribution in [0.15, 0.2) is 24.3 Å². The highest BCUT2D eigenvalue weighted by Crippen LogP contribution is 2.24. The minimum absolute atomic E-state index is 0.282. The summed E-state index contributed by atoms with van der Waals surface area (Å²) in [5.41, 5.74) is 7.28. The van der Waals surface area contributed by atoms with Crippen LogP contribution in [0.25, 0.3) is 0 Å². The fourth-order valence-corrected chi connectivity index (χ4v) is 3.32. The van der Waals surface area contributed by atoms with Crippen molar-refractivity contribution < 1.29 is 4.79 Å². The number of benzene rings is 1. The molecular formula is C13H18N2OS. The van der Waals surface area contributed by atoms with Gasteiger partial charge in [-0.05, 0) is 35.5 Å². The first-order valence-electron chi connectivity index (χ1n) is 5.93. The van der Waals surface area contributed by atoms with Crippen molar-refractivity contribution in [2.45, 2.75) is 12.8 Å². The predicted octanol–water partition coefficient (Wildman–Crippen LogP) is 1.88. The van der Waals surface area contributed by atoms with Crippen LogP contribution >= 0.6 is 11.8 Å². The highest BCUT2D eigenvalue weighted by atomic mass is 32.2. The van der Waals surface area contributed by atoms with Gasteiger partial charge in [-0.1, -0.05) is 18.2 Å². The van der Waals surface area contributed by atoms with Crippen LogP contribution in [0.5, 0.6) is 0 Å². The van der Waals surface area contributed by atoms with E-state index in [1.54, 1.807) is 0 Å². The molecule has 2 rings (SSSR count). The fraction of sp³-hybridized carbons (Fsp3) is 0.462. The van der Waals surface area contributed by atoms with E-state index in [-0.39, 0.29) is 5.91 Å². The number of nitrogens with one attached hydrogen (secondary N) is 1. The molecule has 3 N–H and O–H groups in total. The number of para-hydroxylation sites is 1. The molecule has 1 aromatic carbocycles. The number of primary amides is 1. The molecule has 1 fully saturated rings.